The minimum atomic E-state index is -0.992. The summed E-state index contributed by atoms with van der Waals surface area (Å²) in [6.45, 7) is 8.36. The number of ether oxygens (including phenoxy) is 1. The van der Waals surface area contributed by atoms with Gasteiger partial charge in [-0.25, -0.2) is 4.79 Å². The fourth-order valence-electron chi connectivity index (χ4n) is 6.02. The van der Waals surface area contributed by atoms with E-state index in [-0.39, 0.29) is 30.6 Å². The Morgan fingerprint density at radius 2 is 1.76 bits per heavy atom. The highest BCUT2D eigenvalue weighted by Crippen LogP contribution is 2.46. The number of hydrogen-bond acceptors (Lipinski definition) is 4. The molecule has 0 unspecified atom stereocenters. The molecule has 2 aromatic carbocycles. The Bertz CT molecular complexity index is 1040. The standard InChI is InChI=1S/C28H36N2O4/c1-19-14-27(3,4)18-28(15-19)25(32)30(26(33)29-28)16-22(31)17-34-24(21-11-6-5-7-12-21)23-13-9-8-10-20(23)2/h5-13,19,22,24,31H,14-18H2,1-4H3,(H,29,33)/t19-,22-,24-,28-/m1/s1. The summed E-state index contributed by atoms with van der Waals surface area (Å²) in [6.07, 6.45) is 0.920. The van der Waals surface area contributed by atoms with Crippen LogP contribution in [0.3, 0.4) is 0 Å². The van der Waals surface area contributed by atoms with Crippen molar-refractivity contribution in [3.05, 3.63) is 71.3 Å². The Morgan fingerprint density at radius 3 is 2.44 bits per heavy atom. The van der Waals surface area contributed by atoms with Gasteiger partial charge in [0.05, 0.1) is 19.3 Å². The van der Waals surface area contributed by atoms with Gasteiger partial charge in [0.15, 0.2) is 0 Å². The van der Waals surface area contributed by atoms with Crippen LogP contribution in [0, 0.1) is 18.3 Å². The lowest BCUT2D eigenvalue weighted by atomic mass is 9.64. The molecular formula is C28H36N2O4. The number of β-amino-alcohol motifs (C(OH)–C–C–N with tert-alkyl or cyclic N) is 1. The molecule has 2 fully saturated rings. The van der Waals surface area contributed by atoms with E-state index in [2.05, 4.69) is 26.1 Å². The van der Waals surface area contributed by atoms with E-state index in [0.29, 0.717) is 18.8 Å². The van der Waals surface area contributed by atoms with Crippen LogP contribution in [-0.2, 0) is 9.53 Å². The number of aryl methyl sites for hydroxylation is 1. The summed E-state index contributed by atoms with van der Waals surface area (Å²) in [5.41, 5.74) is 2.20. The monoisotopic (exact) mass is 464 g/mol. The molecule has 34 heavy (non-hydrogen) atoms. The first-order valence-corrected chi connectivity index (χ1v) is 12.1. The number of urea groups is 1. The highest BCUT2D eigenvalue weighted by molar-refractivity contribution is 6.07. The van der Waals surface area contributed by atoms with Crippen LogP contribution in [0.5, 0.6) is 0 Å². The van der Waals surface area contributed by atoms with Gasteiger partial charge in [-0.15, -0.1) is 0 Å². The zero-order valence-corrected chi connectivity index (χ0v) is 20.6. The highest BCUT2D eigenvalue weighted by Gasteiger charge is 2.56. The maximum atomic E-state index is 13.4. The van der Waals surface area contributed by atoms with Gasteiger partial charge in [-0.05, 0) is 54.2 Å². The molecule has 6 heteroatoms. The molecule has 2 N–H and O–H groups in total. The maximum absolute atomic E-state index is 13.4. The zero-order valence-electron chi connectivity index (χ0n) is 20.6. The van der Waals surface area contributed by atoms with Gasteiger partial charge in [0.2, 0.25) is 0 Å². The summed E-state index contributed by atoms with van der Waals surface area (Å²) < 4.78 is 6.21. The number of imide groups is 1. The van der Waals surface area contributed by atoms with Crippen molar-refractivity contribution in [2.24, 2.45) is 11.3 Å². The average molecular weight is 465 g/mol. The van der Waals surface area contributed by atoms with E-state index in [1.54, 1.807) is 0 Å². The first kappa shape index (κ1) is 24.4. The Morgan fingerprint density at radius 1 is 1.09 bits per heavy atom. The maximum Gasteiger partial charge on any atom is 0.325 e. The van der Waals surface area contributed by atoms with Crippen molar-refractivity contribution in [2.75, 3.05) is 13.2 Å². The lowest BCUT2D eigenvalue weighted by Gasteiger charge is -2.43. The van der Waals surface area contributed by atoms with E-state index in [0.717, 1.165) is 23.1 Å². The predicted molar refractivity (Wildman–Crippen MR) is 131 cm³/mol. The molecule has 2 aliphatic rings. The second kappa shape index (κ2) is 9.51. The van der Waals surface area contributed by atoms with Gasteiger partial charge in [0.1, 0.15) is 11.6 Å². The van der Waals surface area contributed by atoms with Crippen molar-refractivity contribution in [1.29, 1.82) is 0 Å². The van der Waals surface area contributed by atoms with Crippen LogP contribution in [0.2, 0.25) is 0 Å². The predicted octanol–water partition coefficient (Wildman–Crippen LogP) is 4.60. The van der Waals surface area contributed by atoms with Gasteiger partial charge >= 0.3 is 6.03 Å². The molecular weight excluding hydrogens is 428 g/mol. The minimum absolute atomic E-state index is 0.000148. The van der Waals surface area contributed by atoms with Gasteiger partial charge in [-0.2, -0.15) is 0 Å². The molecule has 0 aromatic heterocycles. The molecule has 1 saturated carbocycles. The van der Waals surface area contributed by atoms with E-state index < -0.39 is 17.7 Å². The van der Waals surface area contributed by atoms with Crippen LogP contribution in [0.1, 0.15) is 62.8 Å². The Balaban J connectivity index is 1.45. The molecule has 1 heterocycles. The lowest BCUT2D eigenvalue weighted by Crippen LogP contribution is -2.54. The van der Waals surface area contributed by atoms with Crippen LogP contribution >= 0.6 is 0 Å². The van der Waals surface area contributed by atoms with Crippen molar-refractivity contribution in [3.8, 4) is 0 Å². The summed E-state index contributed by atoms with van der Waals surface area (Å²) in [4.78, 5) is 27.3. The number of amides is 3. The fraction of sp³-hybridized carbons (Fsp3) is 0.500. The molecule has 1 saturated heterocycles. The molecule has 4 atom stereocenters. The van der Waals surface area contributed by atoms with Crippen LogP contribution in [0.4, 0.5) is 4.79 Å². The van der Waals surface area contributed by atoms with Crippen molar-refractivity contribution >= 4 is 11.9 Å². The van der Waals surface area contributed by atoms with Crippen LogP contribution in [-0.4, -0.2) is 46.7 Å². The normalized spacial score (nSPS) is 25.9. The van der Waals surface area contributed by atoms with E-state index >= 15 is 0 Å². The Hall–Kier alpha value is -2.70. The molecule has 0 bridgehead atoms. The zero-order chi connectivity index (χ0) is 24.5. The van der Waals surface area contributed by atoms with Gasteiger partial charge in [-0.3, -0.25) is 9.69 Å². The summed E-state index contributed by atoms with van der Waals surface area (Å²) in [5, 5.41) is 13.8. The van der Waals surface area contributed by atoms with Gasteiger partial charge in [-0.1, -0.05) is 75.4 Å². The number of aliphatic hydroxyl groups excluding tert-OH is 1. The van der Waals surface area contributed by atoms with E-state index in [1.165, 1.54) is 4.90 Å². The van der Waals surface area contributed by atoms with Gasteiger partial charge < -0.3 is 15.2 Å². The SMILES string of the molecule is Cc1ccccc1[C@H](OC[C@H](O)CN1C(=O)N[C@@]2(C[C@H](C)CC(C)(C)C2)C1=O)c1ccccc1. The van der Waals surface area contributed by atoms with Gasteiger partial charge in [0, 0.05) is 0 Å². The van der Waals surface area contributed by atoms with Crippen molar-refractivity contribution in [2.45, 2.75) is 64.7 Å². The smallest absolute Gasteiger partial charge is 0.325 e. The first-order chi connectivity index (χ1) is 16.1. The molecule has 4 rings (SSSR count). The van der Waals surface area contributed by atoms with Crippen molar-refractivity contribution < 1.29 is 19.4 Å². The molecule has 2 aromatic rings. The second-order valence-electron chi connectivity index (χ2n) is 10.9. The third kappa shape index (κ3) is 5.03. The van der Waals surface area contributed by atoms with Crippen LogP contribution in [0.25, 0.3) is 0 Å². The number of nitrogens with one attached hydrogen (secondary N) is 1. The largest absolute Gasteiger partial charge is 0.389 e. The number of nitrogens with zero attached hydrogens (tertiary/aromatic N) is 1. The van der Waals surface area contributed by atoms with E-state index in [9.17, 15) is 14.7 Å². The summed E-state index contributed by atoms with van der Waals surface area (Å²) in [6, 6.07) is 17.4. The second-order valence-corrected chi connectivity index (χ2v) is 10.9. The summed E-state index contributed by atoms with van der Waals surface area (Å²) >= 11 is 0. The molecule has 0 radical (unpaired) electrons. The quantitative estimate of drug-likeness (QED) is 0.587. The minimum Gasteiger partial charge on any atom is -0.389 e. The third-order valence-electron chi connectivity index (χ3n) is 7.05. The first-order valence-electron chi connectivity index (χ1n) is 12.1. The van der Waals surface area contributed by atoms with E-state index in [1.807, 2.05) is 61.5 Å². The van der Waals surface area contributed by atoms with Gasteiger partial charge in [0.25, 0.3) is 5.91 Å². The average Bonchev–Trinajstić information content (AvgIpc) is 2.97. The molecule has 1 aliphatic heterocycles. The Labute approximate surface area is 202 Å². The fourth-order valence-corrected chi connectivity index (χ4v) is 6.02. The molecule has 1 aliphatic carbocycles. The highest BCUT2D eigenvalue weighted by atomic mass is 16.5. The lowest BCUT2D eigenvalue weighted by molar-refractivity contribution is -0.136. The van der Waals surface area contributed by atoms with Crippen molar-refractivity contribution in [1.82, 2.24) is 10.2 Å². The number of rotatable bonds is 7. The molecule has 3 amide bonds. The third-order valence-corrected chi connectivity index (χ3v) is 7.05. The molecule has 1 spiro atoms. The summed E-state index contributed by atoms with van der Waals surface area (Å²) in [5.74, 6) is 0.108. The van der Waals surface area contributed by atoms with E-state index in [4.69, 9.17) is 4.74 Å². The molecule has 182 valence electrons. The number of hydrogen-bond donors (Lipinski definition) is 2. The number of benzene rings is 2. The Kier molecular flexibility index (Phi) is 6.83. The molecule has 6 nitrogen and oxygen atoms in total. The number of carbonyl (C=O) groups excluding carboxylic acids is 2. The number of carbonyl (C=O) groups is 2. The number of aliphatic hydroxyl groups is 1. The summed E-state index contributed by atoms with van der Waals surface area (Å²) in [7, 11) is 0. The van der Waals surface area contributed by atoms with Crippen LogP contribution < -0.4 is 5.32 Å². The van der Waals surface area contributed by atoms with Crippen LogP contribution in [0.15, 0.2) is 54.6 Å². The van der Waals surface area contributed by atoms with Crippen molar-refractivity contribution in [3.63, 3.8) is 0 Å². The topological polar surface area (TPSA) is 78.9 Å².